The molecule has 0 amide bonds. The average Bonchev–Trinajstić information content (AvgIpc) is 2.25. The Morgan fingerprint density at radius 2 is 1.12 bits per heavy atom. The minimum Gasteiger partial charge on any atom is -0.127 e. The van der Waals surface area contributed by atoms with Gasteiger partial charge in [-0.15, -0.1) is 11.6 Å². The van der Waals surface area contributed by atoms with Crippen LogP contribution < -0.4 is 0 Å². The van der Waals surface area contributed by atoms with Gasteiger partial charge in [-0.25, -0.2) is 0 Å². The van der Waals surface area contributed by atoms with Crippen LogP contribution in [-0.2, 0) is 0 Å². The van der Waals surface area contributed by atoms with Crippen LogP contribution in [0.2, 0.25) is 0 Å². The van der Waals surface area contributed by atoms with Crippen molar-refractivity contribution in [1.82, 2.24) is 0 Å². The van der Waals surface area contributed by atoms with E-state index in [2.05, 4.69) is 6.92 Å². The molecule has 0 heterocycles. The quantitative estimate of drug-likeness (QED) is 0.469. The summed E-state index contributed by atoms with van der Waals surface area (Å²) in [7, 11) is 0. The van der Waals surface area contributed by atoms with E-state index < -0.39 is 0 Å². The van der Waals surface area contributed by atoms with Gasteiger partial charge in [0.2, 0.25) is 0 Å². The second-order valence-electron chi connectivity index (χ2n) is 6.27. The van der Waals surface area contributed by atoms with Crippen molar-refractivity contribution in [3.05, 3.63) is 0 Å². The molecule has 0 N–H and O–H groups in total. The Morgan fingerprint density at radius 1 is 0.750 bits per heavy atom. The van der Waals surface area contributed by atoms with E-state index in [4.69, 9.17) is 11.6 Å². The Labute approximate surface area is 106 Å². The van der Waals surface area contributed by atoms with Crippen molar-refractivity contribution in [2.75, 3.05) is 5.88 Å². The summed E-state index contributed by atoms with van der Waals surface area (Å²) >= 11 is 5.38. The Kier molecular flexibility index (Phi) is 5.00. The Morgan fingerprint density at radius 3 is 1.31 bits per heavy atom. The first-order valence-corrected chi connectivity index (χ1v) is 7.91. The smallest absolute Gasteiger partial charge is 0.0223 e. The molecule has 4 rings (SSSR count). The van der Waals surface area contributed by atoms with Crippen molar-refractivity contribution in [1.29, 1.82) is 0 Å². The van der Waals surface area contributed by atoms with E-state index in [-0.39, 0.29) is 0 Å². The second kappa shape index (κ2) is 6.28. The standard InChI is InChI=1S/C10H16.C5H11Cl/c1-7-2-9-4-8(1)5-10(3-7)6-9;1-2-3-4-5-6/h7-10H,1-6H2;2-5H2,1H3. The van der Waals surface area contributed by atoms with Crippen LogP contribution >= 0.6 is 11.6 Å². The normalized spacial score (nSPS) is 39.4. The molecule has 4 aliphatic carbocycles. The molecule has 4 bridgehead atoms. The first-order valence-electron chi connectivity index (χ1n) is 7.37. The van der Waals surface area contributed by atoms with Gasteiger partial charge in [0.05, 0.1) is 0 Å². The molecule has 0 spiro atoms. The van der Waals surface area contributed by atoms with Crippen LogP contribution in [0.1, 0.15) is 64.7 Å². The summed E-state index contributed by atoms with van der Waals surface area (Å²) in [5.41, 5.74) is 0. The molecule has 0 aromatic heterocycles. The van der Waals surface area contributed by atoms with Gasteiger partial charge in [-0.2, -0.15) is 0 Å². The van der Waals surface area contributed by atoms with Gasteiger partial charge in [0.15, 0.2) is 0 Å². The van der Waals surface area contributed by atoms with Crippen molar-refractivity contribution >= 4 is 11.6 Å². The summed E-state index contributed by atoms with van der Waals surface area (Å²) in [4.78, 5) is 0. The molecule has 0 unspecified atom stereocenters. The predicted octanol–water partition coefficient (Wildman–Crippen LogP) is 5.25. The lowest BCUT2D eigenvalue weighted by Gasteiger charge is -2.49. The third-order valence-corrected chi connectivity index (χ3v) is 5.00. The zero-order valence-electron chi connectivity index (χ0n) is 10.8. The van der Waals surface area contributed by atoms with E-state index in [0.717, 1.165) is 5.88 Å². The average molecular weight is 243 g/mol. The highest BCUT2D eigenvalue weighted by Gasteiger charge is 2.41. The molecule has 0 radical (unpaired) electrons. The number of rotatable bonds is 3. The molecule has 0 aromatic carbocycles. The molecule has 0 nitrogen and oxygen atoms in total. The number of alkyl halides is 1. The summed E-state index contributed by atoms with van der Waals surface area (Å²) in [6.07, 6.45) is 13.4. The number of unbranched alkanes of at least 4 members (excludes halogenated alkanes) is 2. The van der Waals surface area contributed by atoms with E-state index in [1.165, 1.54) is 42.9 Å². The Hall–Kier alpha value is 0.290. The van der Waals surface area contributed by atoms with Crippen LogP contribution in [0.5, 0.6) is 0 Å². The fourth-order valence-electron chi connectivity index (χ4n) is 4.33. The fourth-order valence-corrected chi connectivity index (χ4v) is 4.52. The van der Waals surface area contributed by atoms with E-state index in [1.807, 2.05) is 0 Å². The SMILES string of the molecule is C1C2CC3CC1CC(C2)C3.CCCCCCl. The van der Waals surface area contributed by atoms with Gasteiger partial charge in [0, 0.05) is 5.88 Å². The minimum absolute atomic E-state index is 0.827. The second-order valence-corrected chi connectivity index (χ2v) is 6.65. The summed E-state index contributed by atoms with van der Waals surface area (Å²) in [6, 6.07) is 0. The molecule has 0 aliphatic heterocycles. The molecule has 4 fully saturated rings. The molecule has 4 saturated carbocycles. The van der Waals surface area contributed by atoms with Crippen LogP contribution in [-0.4, -0.2) is 5.88 Å². The van der Waals surface area contributed by atoms with Gasteiger partial charge >= 0.3 is 0 Å². The third-order valence-electron chi connectivity index (χ3n) is 4.74. The van der Waals surface area contributed by atoms with Crippen molar-refractivity contribution in [3.63, 3.8) is 0 Å². The molecular formula is C15H27Cl. The first-order chi connectivity index (χ1) is 7.81. The third kappa shape index (κ3) is 3.39. The van der Waals surface area contributed by atoms with E-state index >= 15 is 0 Å². The topological polar surface area (TPSA) is 0 Å². The molecule has 0 atom stereocenters. The number of hydrogen-bond acceptors (Lipinski definition) is 0. The van der Waals surface area contributed by atoms with E-state index in [9.17, 15) is 0 Å². The van der Waals surface area contributed by atoms with Gasteiger partial charge in [0.1, 0.15) is 0 Å². The van der Waals surface area contributed by atoms with E-state index in [1.54, 1.807) is 38.5 Å². The fraction of sp³-hybridized carbons (Fsp3) is 1.00. The largest absolute Gasteiger partial charge is 0.127 e. The summed E-state index contributed by atoms with van der Waals surface area (Å²) in [6.45, 7) is 2.17. The zero-order chi connectivity index (χ0) is 11.4. The predicted molar refractivity (Wildman–Crippen MR) is 71.9 cm³/mol. The number of hydrogen-bond donors (Lipinski definition) is 0. The zero-order valence-corrected chi connectivity index (χ0v) is 11.5. The maximum Gasteiger partial charge on any atom is 0.0223 e. The van der Waals surface area contributed by atoms with Gasteiger partial charge in [0.25, 0.3) is 0 Å². The Bertz CT molecular complexity index is 139. The van der Waals surface area contributed by atoms with Crippen molar-refractivity contribution < 1.29 is 0 Å². The first kappa shape index (κ1) is 12.7. The summed E-state index contributed by atoms with van der Waals surface area (Å²) in [5, 5.41) is 0. The van der Waals surface area contributed by atoms with Crippen molar-refractivity contribution in [3.8, 4) is 0 Å². The molecule has 94 valence electrons. The van der Waals surface area contributed by atoms with Gasteiger partial charge in [-0.1, -0.05) is 19.8 Å². The highest BCUT2D eigenvalue weighted by molar-refractivity contribution is 6.17. The van der Waals surface area contributed by atoms with Crippen LogP contribution in [0, 0.1) is 23.7 Å². The van der Waals surface area contributed by atoms with Crippen molar-refractivity contribution in [2.24, 2.45) is 23.7 Å². The summed E-state index contributed by atoms with van der Waals surface area (Å²) < 4.78 is 0. The number of halogens is 1. The molecule has 16 heavy (non-hydrogen) atoms. The maximum absolute atomic E-state index is 5.38. The highest BCUT2D eigenvalue weighted by Crippen LogP contribution is 2.53. The highest BCUT2D eigenvalue weighted by atomic mass is 35.5. The van der Waals surface area contributed by atoms with Gasteiger partial charge in [-0.3, -0.25) is 0 Å². The van der Waals surface area contributed by atoms with Crippen molar-refractivity contribution in [2.45, 2.75) is 64.7 Å². The molecular weight excluding hydrogens is 216 g/mol. The molecule has 1 heteroatoms. The van der Waals surface area contributed by atoms with Crippen LogP contribution in [0.3, 0.4) is 0 Å². The Balaban J connectivity index is 0.000000142. The molecule has 0 saturated heterocycles. The van der Waals surface area contributed by atoms with Gasteiger partial charge in [-0.05, 0) is 68.6 Å². The maximum atomic E-state index is 5.38. The van der Waals surface area contributed by atoms with Gasteiger partial charge < -0.3 is 0 Å². The monoisotopic (exact) mass is 242 g/mol. The molecule has 4 aliphatic rings. The van der Waals surface area contributed by atoms with E-state index in [0.29, 0.717) is 0 Å². The lowest BCUT2D eigenvalue weighted by molar-refractivity contribution is 0.0198. The summed E-state index contributed by atoms with van der Waals surface area (Å²) in [5.74, 6) is 5.54. The van der Waals surface area contributed by atoms with Crippen LogP contribution in [0.15, 0.2) is 0 Å². The lowest BCUT2D eigenvalue weighted by atomic mass is 9.56. The minimum atomic E-state index is 0.827. The lowest BCUT2D eigenvalue weighted by Crippen LogP contribution is -2.38. The molecule has 0 aromatic rings. The van der Waals surface area contributed by atoms with Crippen LogP contribution in [0.4, 0.5) is 0 Å². The van der Waals surface area contributed by atoms with Crippen LogP contribution in [0.25, 0.3) is 0 Å².